The first-order valence-electron chi connectivity index (χ1n) is 5.48. The van der Waals surface area contributed by atoms with E-state index in [0.717, 1.165) is 12.5 Å². The molecular formula is C10H18N4. The molecule has 0 bridgehead atoms. The van der Waals surface area contributed by atoms with Gasteiger partial charge in [-0.3, -0.25) is 4.68 Å². The van der Waals surface area contributed by atoms with Crippen molar-refractivity contribution in [3.8, 4) is 0 Å². The van der Waals surface area contributed by atoms with Gasteiger partial charge in [-0.1, -0.05) is 0 Å². The van der Waals surface area contributed by atoms with Crippen molar-refractivity contribution in [2.75, 3.05) is 13.1 Å². The van der Waals surface area contributed by atoms with Crippen LogP contribution in [0.3, 0.4) is 0 Å². The Morgan fingerprint density at radius 1 is 1.50 bits per heavy atom. The van der Waals surface area contributed by atoms with Crippen molar-refractivity contribution < 1.29 is 0 Å². The molecule has 4 nitrogen and oxygen atoms in total. The summed E-state index contributed by atoms with van der Waals surface area (Å²) in [5.41, 5.74) is 0. The van der Waals surface area contributed by atoms with E-state index in [1.807, 2.05) is 4.68 Å². The molecule has 1 saturated heterocycles. The van der Waals surface area contributed by atoms with Crippen LogP contribution in [0.25, 0.3) is 0 Å². The number of nitrogens with zero attached hydrogens (tertiary/aromatic N) is 3. The molecule has 1 aromatic rings. The van der Waals surface area contributed by atoms with E-state index < -0.39 is 0 Å². The predicted molar refractivity (Wildman–Crippen MR) is 54.8 cm³/mol. The quantitative estimate of drug-likeness (QED) is 0.779. The van der Waals surface area contributed by atoms with Gasteiger partial charge < -0.3 is 5.32 Å². The van der Waals surface area contributed by atoms with Gasteiger partial charge in [0.25, 0.3) is 0 Å². The normalized spacial score (nSPS) is 22.4. The molecule has 0 aliphatic carbocycles. The minimum Gasteiger partial charge on any atom is -0.316 e. The third-order valence-corrected chi connectivity index (χ3v) is 2.87. The van der Waals surface area contributed by atoms with Gasteiger partial charge in [0.1, 0.15) is 12.7 Å². The van der Waals surface area contributed by atoms with E-state index >= 15 is 0 Å². The highest BCUT2D eigenvalue weighted by atomic mass is 15.3. The number of nitrogens with one attached hydrogen (secondary N) is 1. The van der Waals surface area contributed by atoms with Gasteiger partial charge in [-0.15, -0.1) is 0 Å². The lowest BCUT2D eigenvalue weighted by atomic mass is 9.95. The van der Waals surface area contributed by atoms with Gasteiger partial charge in [0.2, 0.25) is 0 Å². The molecule has 1 aliphatic heterocycles. The van der Waals surface area contributed by atoms with Crippen molar-refractivity contribution in [2.24, 2.45) is 5.92 Å². The van der Waals surface area contributed by atoms with Gasteiger partial charge in [0, 0.05) is 6.54 Å². The molecule has 0 amide bonds. The summed E-state index contributed by atoms with van der Waals surface area (Å²) in [7, 11) is 0. The molecule has 14 heavy (non-hydrogen) atoms. The number of rotatable bonds is 4. The molecule has 0 saturated carbocycles. The summed E-state index contributed by atoms with van der Waals surface area (Å²) in [6.45, 7) is 3.42. The van der Waals surface area contributed by atoms with Crippen LogP contribution in [0.2, 0.25) is 0 Å². The molecule has 4 heteroatoms. The van der Waals surface area contributed by atoms with Crippen molar-refractivity contribution in [3.63, 3.8) is 0 Å². The number of aryl methyl sites for hydroxylation is 1. The largest absolute Gasteiger partial charge is 0.316 e. The van der Waals surface area contributed by atoms with Gasteiger partial charge in [0.05, 0.1) is 0 Å². The minimum atomic E-state index is 0.882. The average Bonchev–Trinajstić information content (AvgIpc) is 2.72. The van der Waals surface area contributed by atoms with E-state index in [2.05, 4.69) is 15.4 Å². The Kier molecular flexibility index (Phi) is 3.51. The maximum Gasteiger partial charge on any atom is 0.137 e. The monoisotopic (exact) mass is 194 g/mol. The second kappa shape index (κ2) is 5.10. The highest BCUT2D eigenvalue weighted by Crippen LogP contribution is 2.15. The van der Waals surface area contributed by atoms with E-state index in [1.165, 1.54) is 38.8 Å². The second-order valence-electron chi connectivity index (χ2n) is 4.01. The average molecular weight is 194 g/mol. The van der Waals surface area contributed by atoms with Crippen LogP contribution in [0.4, 0.5) is 0 Å². The summed E-state index contributed by atoms with van der Waals surface area (Å²) in [6.07, 6.45) is 8.65. The van der Waals surface area contributed by atoms with Crippen LogP contribution in [-0.4, -0.2) is 27.9 Å². The summed E-state index contributed by atoms with van der Waals surface area (Å²) in [5, 5.41) is 7.53. The summed E-state index contributed by atoms with van der Waals surface area (Å²) in [5.74, 6) is 0.882. The fourth-order valence-electron chi connectivity index (χ4n) is 2.06. The first-order valence-corrected chi connectivity index (χ1v) is 5.48. The summed E-state index contributed by atoms with van der Waals surface area (Å²) < 4.78 is 1.91. The smallest absolute Gasteiger partial charge is 0.137 e. The van der Waals surface area contributed by atoms with Crippen molar-refractivity contribution in [1.82, 2.24) is 20.1 Å². The summed E-state index contributed by atoms with van der Waals surface area (Å²) >= 11 is 0. The van der Waals surface area contributed by atoms with E-state index in [9.17, 15) is 0 Å². The Bertz CT molecular complexity index is 239. The van der Waals surface area contributed by atoms with Crippen LogP contribution in [0.5, 0.6) is 0 Å². The molecule has 78 valence electrons. The standard InChI is InChI=1S/C10H18N4/c1-3-10(7-11-5-1)4-2-6-14-9-12-8-13-14/h8-11H,1-7H2. The predicted octanol–water partition coefficient (Wildman–Crippen LogP) is 1.06. The molecule has 1 unspecified atom stereocenters. The molecule has 1 aliphatic rings. The number of aromatic nitrogens is 3. The molecule has 0 spiro atoms. The Balaban J connectivity index is 1.62. The fourth-order valence-corrected chi connectivity index (χ4v) is 2.06. The molecule has 1 fully saturated rings. The van der Waals surface area contributed by atoms with Gasteiger partial charge >= 0.3 is 0 Å². The lowest BCUT2D eigenvalue weighted by Crippen LogP contribution is -2.29. The lowest BCUT2D eigenvalue weighted by Gasteiger charge is -2.22. The third kappa shape index (κ3) is 2.80. The van der Waals surface area contributed by atoms with Crippen LogP contribution in [0.15, 0.2) is 12.7 Å². The fraction of sp³-hybridized carbons (Fsp3) is 0.800. The Morgan fingerprint density at radius 3 is 3.21 bits per heavy atom. The van der Waals surface area contributed by atoms with E-state index in [1.54, 1.807) is 12.7 Å². The van der Waals surface area contributed by atoms with Crippen molar-refractivity contribution in [1.29, 1.82) is 0 Å². The van der Waals surface area contributed by atoms with Crippen molar-refractivity contribution in [2.45, 2.75) is 32.2 Å². The van der Waals surface area contributed by atoms with Gasteiger partial charge in [0.15, 0.2) is 0 Å². The van der Waals surface area contributed by atoms with Crippen LogP contribution in [0, 0.1) is 5.92 Å². The number of piperidine rings is 1. The Labute approximate surface area is 84.7 Å². The Morgan fingerprint density at radius 2 is 2.50 bits per heavy atom. The van der Waals surface area contributed by atoms with Gasteiger partial charge in [-0.25, -0.2) is 4.98 Å². The third-order valence-electron chi connectivity index (χ3n) is 2.87. The minimum absolute atomic E-state index is 0.882. The van der Waals surface area contributed by atoms with Crippen LogP contribution < -0.4 is 5.32 Å². The van der Waals surface area contributed by atoms with Gasteiger partial charge in [-0.05, 0) is 44.7 Å². The maximum absolute atomic E-state index is 4.09. The molecule has 1 atom stereocenters. The number of hydrogen-bond acceptors (Lipinski definition) is 3. The van der Waals surface area contributed by atoms with Crippen LogP contribution >= 0.6 is 0 Å². The van der Waals surface area contributed by atoms with Crippen LogP contribution in [-0.2, 0) is 6.54 Å². The SMILES string of the molecule is c1ncn(CCCC2CCCNC2)n1. The van der Waals surface area contributed by atoms with E-state index in [0.29, 0.717) is 0 Å². The van der Waals surface area contributed by atoms with E-state index in [4.69, 9.17) is 0 Å². The van der Waals surface area contributed by atoms with Gasteiger partial charge in [-0.2, -0.15) is 5.10 Å². The molecule has 0 aromatic carbocycles. The highest BCUT2D eigenvalue weighted by Gasteiger charge is 2.11. The van der Waals surface area contributed by atoms with Crippen molar-refractivity contribution in [3.05, 3.63) is 12.7 Å². The molecule has 1 aromatic heterocycles. The first-order chi connectivity index (χ1) is 6.95. The molecule has 2 rings (SSSR count). The zero-order valence-electron chi connectivity index (χ0n) is 8.52. The molecule has 2 heterocycles. The first kappa shape index (κ1) is 9.65. The second-order valence-corrected chi connectivity index (χ2v) is 4.01. The topological polar surface area (TPSA) is 42.7 Å². The zero-order valence-corrected chi connectivity index (χ0v) is 8.52. The highest BCUT2D eigenvalue weighted by molar-refractivity contribution is 4.69. The Hall–Kier alpha value is -0.900. The molecule has 1 N–H and O–H groups in total. The van der Waals surface area contributed by atoms with Crippen molar-refractivity contribution >= 4 is 0 Å². The maximum atomic E-state index is 4.09. The van der Waals surface area contributed by atoms with E-state index in [-0.39, 0.29) is 0 Å². The van der Waals surface area contributed by atoms with Crippen LogP contribution in [0.1, 0.15) is 25.7 Å². The summed E-state index contributed by atoms with van der Waals surface area (Å²) in [6, 6.07) is 0. The molecular weight excluding hydrogens is 176 g/mol. The summed E-state index contributed by atoms with van der Waals surface area (Å²) in [4.78, 5) is 3.93. The molecule has 0 radical (unpaired) electrons. The lowest BCUT2D eigenvalue weighted by molar-refractivity contribution is 0.341. The number of hydrogen-bond donors (Lipinski definition) is 1. The zero-order chi connectivity index (χ0) is 9.64.